The maximum absolute atomic E-state index is 11.9. The minimum Gasteiger partial charge on any atom is -0.340 e. The SMILES string of the molecule is CC1CN(C(=O)CNC2CC2)CC1N(C)C. The maximum atomic E-state index is 11.9. The molecule has 1 saturated heterocycles. The van der Waals surface area contributed by atoms with E-state index in [4.69, 9.17) is 0 Å². The van der Waals surface area contributed by atoms with Crippen molar-refractivity contribution in [3.63, 3.8) is 0 Å². The van der Waals surface area contributed by atoms with Crippen LogP contribution in [0.2, 0.25) is 0 Å². The summed E-state index contributed by atoms with van der Waals surface area (Å²) >= 11 is 0. The van der Waals surface area contributed by atoms with Crippen molar-refractivity contribution in [1.82, 2.24) is 15.1 Å². The van der Waals surface area contributed by atoms with Crippen LogP contribution in [0.15, 0.2) is 0 Å². The predicted octanol–water partition coefficient (Wildman–Crippen LogP) is 0.147. The van der Waals surface area contributed by atoms with Gasteiger partial charge in [-0.25, -0.2) is 0 Å². The Kier molecular flexibility index (Phi) is 3.50. The molecule has 1 aliphatic heterocycles. The molecule has 16 heavy (non-hydrogen) atoms. The number of nitrogens with one attached hydrogen (secondary N) is 1. The second-order valence-electron chi connectivity index (χ2n) is 5.46. The van der Waals surface area contributed by atoms with Crippen molar-refractivity contribution in [2.45, 2.75) is 31.8 Å². The molecule has 1 heterocycles. The van der Waals surface area contributed by atoms with E-state index < -0.39 is 0 Å². The summed E-state index contributed by atoms with van der Waals surface area (Å²) in [7, 11) is 4.19. The number of hydrogen-bond donors (Lipinski definition) is 1. The first kappa shape index (κ1) is 11.9. The number of likely N-dealkylation sites (tertiary alicyclic amines) is 1. The first-order chi connectivity index (χ1) is 7.58. The summed E-state index contributed by atoms with van der Waals surface area (Å²) in [5, 5.41) is 3.29. The average molecular weight is 225 g/mol. The molecule has 92 valence electrons. The van der Waals surface area contributed by atoms with E-state index in [1.165, 1.54) is 12.8 Å². The van der Waals surface area contributed by atoms with E-state index in [-0.39, 0.29) is 5.91 Å². The van der Waals surface area contributed by atoms with Crippen LogP contribution in [-0.4, -0.2) is 61.5 Å². The van der Waals surface area contributed by atoms with Crippen molar-refractivity contribution in [3.8, 4) is 0 Å². The molecule has 2 fully saturated rings. The summed E-state index contributed by atoms with van der Waals surface area (Å²) < 4.78 is 0. The number of rotatable bonds is 4. The number of hydrogen-bond acceptors (Lipinski definition) is 3. The lowest BCUT2D eigenvalue weighted by molar-refractivity contribution is -0.129. The molecule has 1 saturated carbocycles. The summed E-state index contributed by atoms with van der Waals surface area (Å²) in [4.78, 5) is 16.2. The zero-order valence-electron chi connectivity index (χ0n) is 10.6. The van der Waals surface area contributed by atoms with Crippen LogP contribution in [0.3, 0.4) is 0 Å². The van der Waals surface area contributed by atoms with Crippen LogP contribution < -0.4 is 5.32 Å². The summed E-state index contributed by atoms with van der Waals surface area (Å²) in [5.41, 5.74) is 0. The standard InChI is InChI=1S/C12H23N3O/c1-9-7-15(8-11(9)14(2)3)12(16)6-13-10-4-5-10/h9-11,13H,4-8H2,1-3H3. The second kappa shape index (κ2) is 4.72. The Morgan fingerprint density at radius 2 is 2.06 bits per heavy atom. The Labute approximate surface area is 98.0 Å². The largest absolute Gasteiger partial charge is 0.340 e. The number of nitrogens with zero attached hydrogens (tertiary/aromatic N) is 2. The van der Waals surface area contributed by atoms with Gasteiger partial charge in [-0.3, -0.25) is 4.79 Å². The summed E-state index contributed by atoms with van der Waals surface area (Å²) in [6.45, 7) is 4.55. The third-order valence-corrected chi connectivity index (χ3v) is 3.71. The van der Waals surface area contributed by atoms with Crippen LogP contribution in [-0.2, 0) is 4.79 Å². The highest BCUT2D eigenvalue weighted by molar-refractivity contribution is 5.78. The van der Waals surface area contributed by atoms with Gasteiger partial charge in [0.1, 0.15) is 0 Å². The molecule has 0 aromatic rings. The van der Waals surface area contributed by atoms with Gasteiger partial charge in [0.25, 0.3) is 0 Å². The molecule has 0 radical (unpaired) electrons. The van der Waals surface area contributed by atoms with Gasteiger partial charge in [-0.2, -0.15) is 0 Å². The third kappa shape index (κ3) is 2.74. The Bertz CT molecular complexity index is 263. The topological polar surface area (TPSA) is 35.6 Å². The smallest absolute Gasteiger partial charge is 0.236 e. The molecule has 0 aromatic carbocycles. The molecule has 1 amide bonds. The first-order valence-corrected chi connectivity index (χ1v) is 6.25. The number of likely N-dealkylation sites (N-methyl/N-ethyl adjacent to an activating group) is 1. The molecule has 0 spiro atoms. The second-order valence-corrected chi connectivity index (χ2v) is 5.46. The van der Waals surface area contributed by atoms with E-state index in [1.807, 2.05) is 4.90 Å². The Hall–Kier alpha value is -0.610. The first-order valence-electron chi connectivity index (χ1n) is 6.25. The number of amides is 1. The van der Waals surface area contributed by atoms with Gasteiger partial charge in [0.2, 0.25) is 5.91 Å². The van der Waals surface area contributed by atoms with Gasteiger partial charge in [-0.15, -0.1) is 0 Å². The fraction of sp³-hybridized carbons (Fsp3) is 0.917. The van der Waals surface area contributed by atoms with Crippen molar-refractivity contribution in [3.05, 3.63) is 0 Å². The predicted molar refractivity (Wildman–Crippen MR) is 64.2 cm³/mol. The molecule has 2 aliphatic rings. The molecule has 0 aromatic heterocycles. The lowest BCUT2D eigenvalue weighted by atomic mass is 10.1. The third-order valence-electron chi connectivity index (χ3n) is 3.71. The molecular formula is C12H23N3O. The van der Waals surface area contributed by atoms with E-state index >= 15 is 0 Å². The van der Waals surface area contributed by atoms with Crippen LogP contribution in [0.1, 0.15) is 19.8 Å². The van der Waals surface area contributed by atoms with Crippen molar-refractivity contribution in [1.29, 1.82) is 0 Å². The lowest BCUT2D eigenvalue weighted by Crippen LogP contribution is -2.39. The molecule has 1 N–H and O–H groups in total. The molecule has 2 unspecified atom stereocenters. The fourth-order valence-corrected chi connectivity index (χ4v) is 2.46. The average Bonchev–Trinajstić information content (AvgIpc) is 2.96. The fourth-order valence-electron chi connectivity index (χ4n) is 2.46. The summed E-state index contributed by atoms with van der Waals surface area (Å²) in [5.74, 6) is 0.850. The molecular weight excluding hydrogens is 202 g/mol. The van der Waals surface area contributed by atoms with E-state index in [1.54, 1.807) is 0 Å². The molecule has 2 atom stereocenters. The highest BCUT2D eigenvalue weighted by atomic mass is 16.2. The lowest BCUT2D eigenvalue weighted by Gasteiger charge is -2.22. The number of carbonyl (C=O) groups excluding carboxylic acids is 1. The Morgan fingerprint density at radius 3 is 2.56 bits per heavy atom. The van der Waals surface area contributed by atoms with Gasteiger partial charge in [0.05, 0.1) is 6.54 Å². The van der Waals surface area contributed by atoms with E-state index in [0.29, 0.717) is 24.5 Å². The highest BCUT2D eigenvalue weighted by Crippen LogP contribution is 2.21. The molecule has 2 rings (SSSR count). The van der Waals surface area contributed by atoms with Crippen LogP contribution in [0.4, 0.5) is 0 Å². The van der Waals surface area contributed by atoms with Gasteiger partial charge in [-0.05, 0) is 32.9 Å². The van der Waals surface area contributed by atoms with E-state index in [2.05, 4.69) is 31.2 Å². The minimum absolute atomic E-state index is 0.267. The van der Waals surface area contributed by atoms with Gasteiger partial charge in [0, 0.05) is 25.2 Å². The molecule has 1 aliphatic carbocycles. The van der Waals surface area contributed by atoms with Crippen LogP contribution in [0.5, 0.6) is 0 Å². The Balaban J connectivity index is 1.79. The van der Waals surface area contributed by atoms with E-state index in [0.717, 1.165) is 13.1 Å². The normalized spacial score (nSPS) is 30.1. The van der Waals surface area contributed by atoms with Crippen LogP contribution in [0.25, 0.3) is 0 Å². The highest BCUT2D eigenvalue weighted by Gasteiger charge is 2.33. The molecule has 4 heteroatoms. The molecule has 4 nitrogen and oxygen atoms in total. The van der Waals surface area contributed by atoms with Crippen molar-refractivity contribution in [2.75, 3.05) is 33.7 Å². The Morgan fingerprint density at radius 1 is 1.38 bits per heavy atom. The molecule has 0 bridgehead atoms. The van der Waals surface area contributed by atoms with Crippen LogP contribution >= 0.6 is 0 Å². The van der Waals surface area contributed by atoms with Gasteiger partial charge >= 0.3 is 0 Å². The minimum atomic E-state index is 0.267. The van der Waals surface area contributed by atoms with Crippen LogP contribution in [0, 0.1) is 5.92 Å². The quantitative estimate of drug-likeness (QED) is 0.739. The van der Waals surface area contributed by atoms with Crippen molar-refractivity contribution < 1.29 is 4.79 Å². The summed E-state index contributed by atoms with van der Waals surface area (Å²) in [6, 6.07) is 1.14. The van der Waals surface area contributed by atoms with Crippen molar-refractivity contribution in [2.24, 2.45) is 5.92 Å². The zero-order valence-corrected chi connectivity index (χ0v) is 10.6. The summed E-state index contributed by atoms with van der Waals surface area (Å²) in [6.07, 6.45) is 2.48. The number of carbonyl (C=O) groups is 1. The zero-order chi connectivity index (χ0) is 11.7. The van der Waals surface area contributed by atoms with Gasteiger partial charge < -0.3 is 15.1 Å². The van der Waals surface area contributed by atoms with Gasteiger partial charge in [-0.1, -0.05) is 6.92 Å². The maximum Gasteiger partial charge on any atom is 0.236 e. The van der Waals surface area contributed by atoms with E-state index in [9.17, 15) is 4.79 Å². The van der Waals surface area contributed by atoms with Crippen molar-refractivity contribution >= 4 is 5.91 Å². The monoisotopic (exact) mass is 225 g/mol. The van der Waals surface area contributed by atoms with Gasteiger partial charge in [0.15, 0.2) is 0 Å².